The summed E-state index contributed by atoms with van der Waals surface area (Å²) in [4.78, 5) is 1.95. The molecule has 0 radical (unpaired) electrons. The van der Waals surface area contributed by atoms with Crippen molar-refractivity contribution in [2.75, 3.05) is 11.9 Å². The number of hydrogen-bond acceptors (Lipinski definition) is 5. The molecule has 5 heteroatoms. The lowest BCUT2D eigenvalue weighted by Gasteiger charge is -2.20. The number of nitrogens with zero attached hydrogens (tertiary/aromatic N) is 4. The van der Waals surface area contributed by atoms with Crippen LogP contribution in [0.3, 0.4) is 0 Å². The normalized spacial score (nSPS) is 10.4. The van der Waals surface area contributed by atoms with Crippen LogP contribution in [0.15, 0.2) is 47.1 Å². The van der Waals surface area contributed by atoms with Gasteiger partial charge in [0.1, 0.15) is 11.8 Å². The lowest BCUT2D eigenvalue weighted by atomic mass is 10.1. The maximum atomic E-state index is 9.25. The van der Waals surface area contributed by atoms with E-state index >= 15 is 0 Å². The molecule has 0 atom stereocenters. The number of benzene rings is 1. The van der Waals surface area contributed by atoms with E-state index in [1.165, 1.54) is 0 Å². The summed E-state index contributed by atoms with van der Waals surface area (Å²) in [6.45, 7) is 0.567. The van der Waals surface area contributed by atoms with E-state index in [-0.39, 0.29) is 0 Å². The summed E-state index contributed by atoms with van der Waals surface area (Å²) in [6.07, 6.45) is 1.64. The highest BCUT2D eigenvalue weighted by atomic mass is 16.3. The van der Waals surface area contributed by atoms with Crippen molar-refractivity contribution in [3.63, 3.8) is 0 Å². The van der Waals surface area contributed by atoms with Crippen LogP contribution in [0.5, 0.6) is 0 Å². The minimum Gasteiger partial charge on any atom is -0.467 e. The van der Waals surface area contributed by atoms with Crippen LogP contribution in [0.2, 0.25) is 0 Å². The molecule has 98 valence electrons. The van der Waals surface area contributed by atoms with Crippen molar-refractivity contribution in [2.45, 2.75) is 6.54 Å². The Morgan fingerprint density at radius 3 is 2.80 bits per heavy atom. The van der Waals surface area contributed by atoms with Gasteiger partial charge in [0, 0.05) is 12.4 Å². The van der Waals surface area contributed by atoms with E-state index < -0.39 is 0 Å². The second kappa shape index (κ2) is 5.02. The van der Waals surface area contributed by atoms with E-state index in [1.807, 2.05) is 48.3 Å². The molecule has 0 fully saturated rings. The third-order valence-electron chi connectivity index (χ3n) is 3.10. The number of nitriles is 1. The highest BCUT2D eigenvalue weighted by molar-refractivity contribution is 5.93. The molecule has 0 aliphatic carbocycles. The first-order valence-corrected chi connectivity index (χ1v) is 6.18. The Balaban J connectivity index is 2.11. The van der Waals surface area contributed by atoms with Crippen LogP contribution >= 0.6 is 0 Å². The molecule has 0 spiro atoms. The fourth-order valence-electron chi connectivity index (χ4n) is 2.22. The van der Waals surface area contributed by atoms with E-state index in [9.17, 15) is 5.26 Å². The zero-order valence-electron chi connectivity index (χ0n) is 10.9. The summed E-state index contributed by atoms with van der Waals surface area (Å²) < 4.78 is 5.35. The topological polar surface area (TPSA) is 66.0 Å². The summed E-state index contributed by atoms with van der Waals surface area (Å²) in [5.74, 6) is 0.831. The Labute approximate surface area is 116 Å². The molecule has 0 saturated carbocycles. The van der Waals surface area contributed by atoms with E-state index in [0.717, 1.165) is 22.4 Å². The SMILES string of the molecule is CN(Cc1ccco1)c1c(C#N)nnc2ccccc12. The molecule has 2 aromatic heterocycles. The van der Waals surface area contributed by atoms with E-state index in [4.69, 9.17) is 4.42 Å². The van der Waals surface area contributed by atoms with Crippen molar-refractivity contribution in [3.05, 3.63) is 54.1 Å². The van der Waals surface area contributed by atoms with Crippen LogP contribution in [0.4, 0.5) is 5.69 Å². The lowest BCUT2D eigenvalue weighted by Crippen LogP contribution is -2.18. The first-order chi connectivity index (χ1) is 9.79. The highest BCUT2D eigenvalue weighted by Gasteiger charge is 2.15. The van der Waals surface area contributed by atoms with Gasteiger partial charge < -0.3 is 9.32 Å². The molecule has 1 aromatic carbocycles. The van der Waals surface area contributed by atoms with Gasteiger partial charge in [0.25, 0.3) is 0 Å². The summed E-state index contributed by atoms with van der Waals surface area (Å²) in [7, 11) is 1.91. The molecular formula is C15H12N4O. The van der Waals surface area contributed by atoms with Crippen molar-refractivity contribution >= 4 is 16.6 Å². The van der Waals surface area contributed by atoms with Crippen molar-refractivity contribution in [2.24, 2.45) is 0 Å². The Morgan fingerprint density at radius 2 is 2.05 bits per heavy atom. The minimum atomic E-state index is 0.317. The summed E-state index contributed by atoms with van der Waals surface area (Å²) in [5.41, 5.74) is 1.86. The van der Waals surface area contributed by atoms with Crippen molar-refractivity contribution in [3.8, 4) is 6.07 Å². The number of aromatic nitrogens is 2. The first-order valence-electron chi connectivity index (χ1n) is 6.18. The van der Waals surface area contributed by atoms with Crippen LogP contribution in [0, 0.1) is 11.3 Å². The van der Waals surface area contributed by atoms with E-state index in [2.05, 4.69) is 16.3 Å². The highest BCUT2D eigenvalue weighted by Crippen LogP contribution is 2.27. The van der Waals surface area contributed by atoms with Gasteiger partial charge in [-0.15, -0.1) is 10.2 Å². The first kappa shape index (κ1) is 12.2. The van der Waals surface area contributed by atoms with Gasteiger partial charge in [-0.25, -0.2) is 0 Å². The van der Waals surface area contributed by atoms with Gasteiger partial charge in [-0.05, 0) is 18.2 Å². The molecule has 3 aromatic rings. The molecule has 20 heavy (non-hydrogen) atoms. The maximum Gasteiger partial charge on any atom is 0.187 e. The molecule has 0 aliphatic rings. The zero-order chi connectivity index (χ0) is 13.9. The Kier molecular flexibility index (Phi) is 3.05. The standard InChI is InChI=1S/C15H12N4O/c1-19(10-11-5-4-8-20-11)15-12-6-2-3-7-13(12)17-18-14(15)9-16/h2-8H,10H2,1H3. The van der Waals surface area contributed by atoms with Gasteiger partial charge in [-0.1, -0.05) is 18.2 Å². The molecule has 0 N–H and O–H groups in total. The molecule has 5 nitrogen and oxygen atoms in total. The van der Waals surface area contributed by atoms with Gasteiger partial charge in [0.05, 0.1) is 24.0 Å². The van der Waals surface area contributed by atoms with Gasteiger partial charge in [-0.3, -0.25) is 0 Å². The third kappa shape index (κ3) is 2.08. The quantitative estimate of drug-likeness (QED) is 0.727. The van der Waals surface area contributed by atoms with E-state index in [0.29, 0.717) is 12.2 Å². The van der Waals surface area contributed by atoms with Gasteiger partial charge in [0.2, 0.25) is 0 Å². The number of rotatable bonds is 3. The monoisotopic (exact) mass is 264 g/mol. The van der Waals surface area contributed by atoms with Crippen molar-refractivity contribution in [1.29, 1.82) is 5.26 Å². The smallest absolute Gasteiger partial charge is 0.187 e. The number of anilines is 1. The van der Waals surface area contributed by atoms with Crippen LogP contribution in [0.25, 0.3) is 10.9 Å². The number of fused-ring (bicyclic) bond motifs is 1. The molecule has 0 saturated heterocycles. The third-order valence-corrected chi connectivity index (χ3v) is 3.10. The molecule has 0 unspecified atom stereocenters. The second-order valence-corrected chi connectivity index (χ2v) is 4.46. The summed E-state index contributed by atoms with van der Waals surface area (Å²) >= 11 is 0. The van der Waals surface area contributed by atoms with Crippen LogP contribution < -0.4 is 4.90 Å². The van der Waals surface area contributed by atoms with Crippen LogP contribution in [-0.4, -0.2) is 17.2 Å². The summed E-state index contributed by atoms with van der Waals surface area (Å²) in [5, 5.41) is 18.2. The second-order valence-electron chi connectivity index (χ2n) is 4.46. The molecule has 0 aliphatic heterocycles. The molecule has 0 amide bonds. The average Bonchev–Trinajstić information content (AvgIpc) is 2.98. The molecular weight excluding hydrogens is 252 g/mol. The zero-order valence-corrected chi connectivity index (χ0v) is 10.9. The molecule has 3 rings (SSSR count). The summed E-state index contributed by atoms with van der Waals surface area (Å²) in [6, 6.07) is 13.5. The van der Waals surface area contributed by atoms with E-state index in [1.54, 1.807) is 6.26 Å². The molecule has 0 bridgehead atoms. The number of hydrogen-bond donors (Lipinski definition) is 0. The minimum absolute atomic E-state index is 0.317. The predicted octanol–water partition coefficient (Wildman–Crippen LogP) is 2.73. The fourth-order valence-corrected chi connectivity index (χ4v) is 2.22. The Bertz CT molecular complexity index is 774. The molecule has 2 heterocycles. The lowest BCUT2D eigenvalue weighted by molar-refractivity contribution is 0.507. The van der Waals surface area contributed by atoms with Crippen molar-refractivity contribution in [1.82, 2.24) is 10.2 Å². The number of furan rings is 1. The maximum absolute atomic E-state index is 9.25. The Morgan fingerprint density at radius 1 is 1.20 bits per heavy atom. The Hall–Kier alpha value is -2.87. The largest absolute Gasteiger partial charge is 0.467 e. The van der Waals surface area contributed by atoms with Crippen molar-refractivity contribution < 1.29 is 4.42 Å². The van der Waals surface area contributed by atoms with Gasteiger partial charge in [-0.2, -0.15) is 5.26 Å². The predicted molar refractivity (Wildman–Crippen MR) is 75.1 cm³/mol. The van der Waals surface area contributed by atoms with Crippen LogP contribution in [0.1, 0.15) is 11.5 Å². The van der Waals surface area contributed by atoms with Crippen LogP contribution in [-0.2, 0) is 6.54 Å². The van der Waals surface area contributed by atoms with Gasteiger partial charge in [0.15, 0.2) is 5.69 Å². The average molecular weight is 264 g/mol. The van der Waals surface area contributed by atoms with Gasteiger partial charge >= 0.3 is 0 Å². The fraction of sp³-hybridized carbons (Fsp3) is 0.133.